The second kappa shape index (κ2) is 7.37. The fraction of sp³-hybridized carbons (Fsp3) is 0.905. The highest BCUT2D eigenvalue weighted by Gasteiger charge is 2.58. The fourth-order valence-corrected chi connectivity index (χ4v) is 8.45. The van der Waals surface area contributed by atoms with Crippen molar-refractivity contribution >= 4 is 31.3 Å². The lowest BCUT2D eigenvalue weighted by atomic mass is 9.48. The molecule has 3 aliphatic rings. The molecule has 5 atom stereocenters. The molecule has 2 aliphatic carbocycles. The molecule has 0 N–H and O–H groups in total. The molecule has 0 bridgehead atoms. The smallest absolute Gasteiger partial charge is 0.158 e. The molecule has 2 nitrogen and oxygen atoms in total. The van der Waals surface area contributed by atoms with Crippen LogP contribution in [0.3, 0.4) is 0 Å². The minimum atomic E-state index is -1.21. The Hall–Kier alpha value is 0.457. The van der Waals surface area contributed by atoms with E-state index in [0.29, 0.717) is 11.8 Å². The summed E-state index contributed by atoms with van der Waals surface area (Å²) in [6, 6.07) is 1.25. The summed E-state index contributed by atoms with van der Waals surface area (Å²) in [6.07, 6.45) is 5.54. The molecule has 0 aromatic rings. The van der Waals surface area contributed by atoms with Crippen molar-refractivity contribution < 1.29 is 9.47 Å². The van der Waals surface area contributed by atoms with E-state index in [1.165, 1.54) is 6.04 Å². The van der Waals surface area contributed by atoms with E-state index in [4.69, 9.17) is 32.7 Å². The van der Waals surface area contributed by atoms with Crippen molar-refractivity contribution in [3.8, 4) is 0 Å². The van der Waals surface area contributed by atoms with Gasteiger partial charge in [-0.25, -0.2) is 0 Å². The lowest BCUT2D eigenvalue weighted by Gasteiger charge is -2.60. The third-order valence-corrected chi connectivity index (χ3v) is 9.94. The average molecular weight is 420 g/mol. The maximum absolute atomic E-state index is 6.82. The number of alkyl halides is 2. The summed E-state index contributed by atoms with van der Waals surface area (Å²) in [4.78, 5) is 0. The van der Waals surface area contributed by atoms with Crippen LogP contribution in [-0.4, -0.2) is 38.3 Å². The van der Waals surface area contributed by atoms with Crippen LogP contribution in [0.25, 0.3) is 0 Å². The van der Waals surface area contributed by atoms with Crippen molar-refractivity contribution in [3.05, 3.63) is 11.6 Å². The Balaban J connectivity index is 1.97. The Labute approximate surface area is 171 Å². The Morgan fingerprint density at radius 1 is 1.12 bits per heavy atom. The largest absolute Gasteiger partial charge is 0.350 e. The van der Waals surface area contributed by atoms with E-state index in [0.717, 1.165) is 32.5 Å². The van der Waals surface area contributed by atoms with Gasteiger partial charge in [0.1, 0.15) is 0 Å². The molecule has 0 aromatic carbocycles. The monoisotopic (exact) mass is 418 g/mol. The molecular weight excluding hydrogens is 383 g/mol. The van der Waals surface area contributed by atoms with Crippen molar-refractivity contribution in [2.24, 2.45) is 22.7 Å². The summed E-state index contributed by atoms with van der Waals surface area (Å²) in [6.45, 7) is 15.9. The topological polar surface area (TPSA) is 18.5 Å². The van der Waals surface area contributed by atoms with E-state index < -0.39 is 8.07 Å². The van der Waals surface area contributed by atoms with Gasteiger partial charge in [-0.3, -0.25) is 0 Å². The molecule has 1 aliphatic heterocycles. The molecular formula is C21H36Cl2O2Si. The van der Waals surface area contributed by atoms with E-state index in [1.54, 1.807) is 5.57 Å². The third-order valence-electron chi connectivity index (χ3n) is 7.07. The van der Waals surface area contributed by atoms with E-state index in [2.05, 4.69) is 46.5 Å². The Morgan fingerprint density at radius 3 is 2.31 bits per heavy atom. The highest BCUT2D eigenvalue weighted by Crippen LogP contribution is 2.63. The van der Waals surface area contributed by atoms with Crippen LogP contribution >= 0.6 is 23.2 Å². The molecule has 150 valence electrons. The SMILES string of the molecule is CC1(C)[C@H](Cl)[C@@H](Cl)C[C@]2(C)[C@@H](CC3OCCO3)C(C[Si](C)(C)C)=CC[C@@H]12. The van der Waals surface area contributed by atoms with Crippen LogP contribution in [-0.2, 0) is 9.47 Å². The second-order valence-electron chi connectivity index (χ2n) is 10.7. The van der Waals surface area contributed by atoms with Gasteiger partial charge in [0.05, 0.1) is 24.0 Å². The predicted molar refractivity (Wildman–Crippen MR) is 114 cm³/mol. The van der Waals surface area contributed by atoms with Crippen LogP contribution in [0.5, 0.6) is 0 Å². The Bertz CT molecular complexity index is 551. The van der Waals surface area contributed by atoms with Crippen LogP contribution in [0.2, 0.25) is 25.7 Å². The van der Waals surface area contributed by atoms with E-state index in [9.17, 15) is 0 Å². The van der Waals surface area contributed by atoms with Gasteiger partial charge in [-0.2, -0.15) is 0 Å². The lowest BCUT2D eigenvalue weighted by Crippen LogP contribution is -2.57. The first-order chi connectivity index (χ1) is 11.9. The lowest BCUT2D eigenvalue weighted by molar-refractivity contribution is -0.0932. The molecule has 0 amide bonds. The molecule has 5 heteroatoms. The highest BCUT2D eigenvalue weighted by molar-refractivity contribution is 6.76. The van der Waals surface area contributed by atoms with Gasteiger partial charge in [-0.05, 0) is 41.6 Å². The van der Waals surface area contributed by atoms with Gasteiger partial charge in [-0.1, -0.05) is 52.1 Å². The molecule has 0 aromatic heterocycles. The van der Waals surface area contributed by atoms with Crippen molar-refractivity contribution in [1.82, 2.24) is 0 Å². The highest BCUT2D eigenvalue weighted by atomic mass is 35.5. The van der Waals surface area contributed by atoms with Gasteiger partial charge in [0.15, 0.2) is 6.29 Å². The zero-order chi connectivity index (χ0) is 19.3. The van der Waals surface area contributed by atoms with Crippen LogP contribution in [0.15, 0.2) is 11.6 Å². The van der Waals surface area contributed by atoms with Crippen LogP contribution in [0.4, 0.5) is 0 Å². The maximum Gasteiger partial charge on any atom is 0.158 e. The van der Waals surface area contributed by atoms with Gasteiger partial charge in [0, 0.05) is 14.5 Å². The molecule has 3 rings (SSSR count). The summed E-state index contributed by atoms with van der Waals surface area (Å²) < 4.78 is 11.7. The van der Waals surface area contributed by atoms with Gasteiger partial charge in [-0.15, -0.1) is 23.2 Å². The number of ether oxygens (including phenoxy) is 2. The van der Waals surface area contributed by atoms with Gasteiger partial charge >= 0.3 is 0 Å². The maximum atomic E-state index is 6.82. The summed E-state index contributed by atoms with van der Waals surface area (Å²) in [7, 11) is -1.21. The number of hydrogen-bond acceptors (Lipinski definition) is 2. The number of allylic oxidation sites excluding steroid dienone is 2. The first kappa shape index (κ1) is 21.2. The summed E-state index contributed by atoms with van der Waals surface area (Å²) in [5.41, 5.74) is 1.81. The molecule has 1 saturated heterocycles. The fourth-order valence-electron chi connectivity index (χ4n) is 5.93. The number of hydrogen-bond donors (Lipinski definition) is 0. The third kappa shape index (κ3) is 3.94. The number of rotatable bonds is 4. The Kier molecular flexibility index (Phi) is 6.00. The van der Waals surface area contributed by atoms with Gasteiger partial charge in [0.2, 0.25) is 0 Å². The molecule has 2 fully saturated rings. The van der Waals surface area contributed by atoms with Crippen molar-refractivity contribution in [1.29, 1.82) is 0 Å². The van der Waals surface area contributed by atoms with Crippen LogP contribution < -0.4 is 0 Å². The van der Waals surface area contributed by atoms with Gasteiger partial charge < -0.3 is 9.47 Å². The normalized spacial score (nSPS) is 41.0. The Morgan fingerprint density at radius 2 is 1.73 bits per heavy atom. The minimum absolute atomic E-state index is 0.0204. The van der Waals surface area contributed by atoms with Gasteiger partial charge in [0.25, 0.3) is 0 Å². The molecule has 26 heavy (non-hydrogen) atoms. The molecule has 0 radical (unpaired) electrons. The quantitative estimate of drug-likeness (QED) is 0.302. The molecule has 0 unspecified atom stereocenters. The minimum Gasteiger partial charge on any atom is -0.350 e. The van der Waals surface area contributed by atoms with E-state index in [-0.39, 0.29) is 27.9 Å². The van der Waals surface area contributed by atoms with Crippen LogP contribution in [0.1, 0.15) is 40.0 Å². The van der Waals surface area contributed by atoms with E-state index >= 15 is 0 Å². The zero-order valence-electron chi connectivity index (χ0n) is 17.3. The first-order valence-corrected chi connectivity index (χ1v) is 14.7. The summed E-state index contributed by atoms with van der Waals surface area (Å²) in [5.74, 6) is 1.02. The number of fused-ring (bicyclic) bond motifs is 1. The average Bonchev–Trinajstić information content (AvgIpc) is 3.00. The van der Waals surface area contributed by atoms with E-state index in [1.807, 2.05) is 0 Å². The standard InChI is InChI=1S/C21H36Cl2O2Si/c1-20(2)17-8-7-14(13-26(4,5)6)15(11-18-24-9-10-25-18)21(17,3)12-16(22)19(20)23/h7,15-19H,8-13H2,1-6H3/t15-,16-,17-,19+,21+/m0/s1. The number of halogens is 2. The summed E-state index contributed by atoms with van der Waals surface area (Å²) in [5, 5.41) is 0.0425. The van der Waals surface area contributed by atoms with Crippen molar-refractivity contribution in [2.75, 3.05) is 13.2 Å². The predicted octanol–water partition coefficient (Wildman–Crippen LogP) is 6.30. The molecule has 1 saturated carbocycles. The molecule has 1 heterocycles. The molecule has 0 spiro atoms. The van der Waals surface area contributed by atoms with Crippen molar-refractivity contribution in [3.63, 3.8) is 0 Å². The van der Waals surface area contributed by atoms with Crippen molar-refractivity contribution in [2.45, 2.75) is 82.8 Å². The summed E-state index contributed by atoms with van der Waals surface area (Å²) >= 11 is 13.6. The second-order valence-corrected chi connectivity index (χ2v) is 17.2. The zero-order valence-corrected chi connectivity index (χ0v) is 19.8. The van der Waals surface area contributed by atoms with Crippen LogP contribution in [0, 0.1) is 22.7 Å². The first-order valence-electron chi connectivity index (χ1n) is 10.2.